The van der Waals surface area contributed by atoms with Crippen molar-refractivity contribution >= 4 is 23.2 Å². The smallest absolute Gasteiger partial charge is 0.239 e. The number of nitrogens with one attached hydrogen (secondary N) is 1. The summed E-state index contributed by atoms with van der Waals surface area (Å²) < 4.78 is 12.0. The maximum Gasteiger partial charge on any atom is 0.239 e. The molecule has 0 aliphatic carbocycles. The molecule has 0 unspecified atom stereocenters. The molecule has 0 bridgehead atoms. The van der Waals surface area contributed by atoms with E-state index in [-0.39, 0.29) is 18.5 Å². The van der Waals surface area contributed by atoms with Crippen LogP contribution in [0.4, 0.5) is 10.1 Å². The fourth-order valence-electron chi connectivity index (χ4n) is 1.06. The Kier molecular flexibility index (Phi) is 4.40. The van der Waals surface area contributed by atoms with Crippen LogP contribution in [0.1, 0.15) is 5.56 Å². The van der Waals surface area contributed by atoms with E-state index in [1.807, 2.05) is 0 Å². The third-order valence-electron chi connectivity index (χ3n) is 1.74. The molecule has 2 nitrogen and oxygen atoms in total. The molecule has 0 atom stereocenters. The van der Waals surface area contributed by atoms with Gasteiger partial charge in [-0.05, 0) is 17.7 Å². The lowest BCUT2D eigenvalue weighted by Crippen LogP contribution is -2.12. The zero-order valence-corrected chi connectivity index (χ0v) is 8.35. The number of rotatable bonds is 4. The number of aryl methyl sites for hydroxylation is 1. The molecular formula is C10H11ClFNO. The van der Waals surface area contributed by atoms with E-state index in [4.69, 9.17) is 11.6 Å². The van der Waals surface area contributed by atoms with E-state index in [2.05, 4.69) is 5.32 Å². The summed E-state index contributed by atoms with van der Waals surface area (Å²) >= 11 is 5.32. The Morgan fingerprint density at radius 2 is 2.00 bits per heavy atom. The van der Waals surface area contributed by atoms with Crippen LogP contribution in [0.3, 0.4) is 0 Å². The molecule has 0 fully saturated rings. The van der Waals surface area contributed by atoms with Crippen molar-refractivity contribution in [1.29, 1.82) is 0 Å². The summed E-state index contributed by atoms with van der Waals surface area (Å²) in [6, 6.07) is 7.03. The van der Waals surface area contributed by atoms with Gasteiger partial charge in [-0.15, -0.1) is 11.6 Å². The molecule has 0 radical (unpaired) electrons. The van der Waals surface area contributed by atoms with Gasteiger partial charge in [-0.3, -0.25) is 9.18 Å². The van der Waals surface area contributed by atoms with E-state index in [9.17, 15) is 9.18 Å². The number of amides is 1. The van der Waals surface area contributed by atoms with Gasteiger partial charge >= 0.3 is 0 Å². The lowest BCUT2D eigenvalue weighted by atomic mass is 10.1. The number of alkyl halides is 2. The quantitative estimate of drug-likeness (QED) is 0.768. The minimum atomic E-state index is -0.368. The maximum atomic E-state index is 12.0. The van der Waals surface area contributed by atoms with Gasteiger partial charge in [0, 0.05) is 12.1 Å². The number of anilines is 1. The highest BCUT2D eigenvalue weighted by Crippen LogP contribution is 2.10. The molecule has 0 spiro atoms. The second-order valence-corrected chi connectivity index (χ2v) is 3.08. The van der Waals surface area contributed by atoms with Gasteiger partial charge in [0.1, 0.15) is 5.88 Å². The molecule has 14 heavy (non-hydrogen) atoms. The lowest BCUT2D eigenvalue weighted by molar-refractivity contribution is -0.113. The summed E-state index contributed by atoms with van der Waals surface area (Å²) in [7, 11) is 0. The standard InChI is InChI=1S/C10H11ClFNO/c11-7-10(14)13-9-3-1-8(2-4-9)5-6-12/h1-4H,5-7H2,(H,13,14). The average molecular weight is 216 g/mol. The van der Waals surface area contributed by atoms with Crippen LogP contribution in [-0.4, -0.2) is 18.5 Å². The largest absolute Gasteiger partial charge is 0.325 e. The van der Waals surface area contributed by atoms with Gasteiger partial charge in [0.2, 0.25) is 5.91 Å². The van der Waals surface area contributed by atoms with Crippen molar-refractivity contribution in [3.8, 4) is 0 Å². The highest BCUT2D eigenvalue weighted by molar-refractivity contribution is 6.29. The zero-order chi connectivity index (χ0) is 10.4. The van der Waals surface area contributed by atoms with Gasteiger partial charge in [0.05, 0.1) is 6.67 Å². The van der Waals surface area contributed by atoms with Crippen molar-refractivity contribution < 1.29 is 9.18 Å². The minimum Gasteiger partial charge on any atom is -0.325 e. The molecule has 0 aliphatic heterocycles. The van der Waals surface area contributed by atoms with Gasteiger partial charge in [-0.25, -0.2) is 0 Å². The highest BCUT2D eigenvalue weighted by Gasteiger charge is 1.99. The van der Waals surface area contributed by atoms with E-state index in [1.165, 1.54) is 0 Å². The average Bonchev–Trinajstić information content (AvgIpc) is 2.21. The summed E-state index contributed by atoms with van der Waals surface area (Å²) in [5.41, 5.74) is 1.59. The van der Waals surface area contributed by atoms with E-state index in [0.29, 0.717) is 12.1 Å². The number of hydrogen-bond acceptors (Lipinski definition) is 1. The molecule has 0 saturated heterocycles. The molecule has 0 aromatic heterocycles. The van der Waals surface area contributed by atoms with Crippen molar-refractivity contribution in [3.63, 3.8) is 0 Å². The normalized spacial score (nSPS) is 9.86. The molecule has 1 N–H and O–H groups in total. The number of halogens is 2. The molecule has 1 amide bonds. The van der Waals surface area contributed by atoms with Crippen LogP contribution in [0.15, 0.2) is 24.3 Å². The van der Waals surface area contributed by atoms with Crippen LogP contribution in [0, 0.1) is 0 Å². The topological polar surface area (TPSA) is 29.1 Å². The monoisotopic (exact) mass is 215 g/mol. The second kappa shape index (κ2) is 5.60. The zero-order valence-electron chi connectivity index (χ0n) is 7.59. The maximum absolute atomic E-state index is 12.0. The van der Waals surface area contributed by atoms with Crippen molar-refractivity contribution in [3.05, 3.63) is 29.8 Å². The summed E-state index contributed by atoms with van der Waals surface area (Å²) in [6.45, 7) is -0.368. The Bertz CT molecular complexity index is 299. The molecule has 1 aromatic rings. The van der Waals surface area contributed by atoms with Crippen molar-refractivity contribution in [2.24, 2.45) is 0 Å². The van der Waals surface area contributed by atoms with Crippen LogP contribution >= 0.6 is 11.6 Å². The first-order chi connectivity index (χ1) is 6.76. The molecule has 4 heteroatoms. The van der Waals surface area contributed by atoms with E-state index in [1.54, 1.807) is 24.3 Å². The fraction of sp³-hybridized carbons (Fsp3) is 0.300. The summed E-state index contributed by atoms with van der Waals surface area (Å²) in [5, 5.41) is 2.60. The first-order valence-corrected chi connectivity index (χ1v) is 4.80. The third kappa shape index (κ3) is 3.34. The third-order valence-corrected chi connectivity index (χ3v) is 1.98. The number of hydrogen-bond donors (Lipinski definition) is 1. The lowest BCUT2D eigenvalue weighted by Gasteiger charge is -2.03. The highest BCUT2D eigenvalue weighted by atomic mass is 35.5. The summed E-state index contributed by atoms with van der Waals surface area (Å²) in [5.74, 6) is -0.309. The predicted octanol–water partition coefficient (Wildman–Crippen LogP) is 2.38. The van der Waals surface area contributed by atoms with Crippen molar-refractivity contribution in [2.75, 3.05) is 17.9 Å². The molecular weight excluding hydrogens is 205 g/mol. The van der Waals surface area contributed by atoms with Gasteiger partial charge in [-0.2, -0.15) is 0 Å². The predicted molar refractivity (Wildman–Crippen MR) is 55.5 cm³/mol. The van der Waals surface area contributed by atoms with Crippen LogP contribution in [-0.2, 0) is 11.2 Å². The number of carbonyl (C=O) groups excluding carboxylic acids is 1. The first-order valence-electron chi connectivity index (χ1n) is 4.27. The van der Waals surface area contributed by atoms with Crippen molar-refractivity contribution in [1.82, 2.24) is 0 Å². The first kappa shape index (κ1) is 11.0. The Hall–Kier alpha value is -1.09. The Morgan fingerprint density at radius 1 is 1.36 bits per heavy atom. The molecule has 76 valence electrons. The Balaban J connectivity index is 2.59. The van der Waals surface area contributed by atoms with E-state index >= 15 is 0 Å². The molecule has 1 aromatic carbocycles. The van der Waals surface area contributed by atoms with Gasteiger partial charge in [-0.1, -0.05) is 12.1 Å². The molecule has 0 saturated carbocycles. The van der Waals surface area contributed by atoms with Crippen LogP contribution in [0.2, 0.25) is 0 Å². The summed E-state index contributed by atoms with van der Waals surface area (Å²) in [4.78, 5) is 10.9. The number of carbonyl (C=O) groups is 1. The Morgan fingerprint density at radius 3 is 2.50 bits per heavy atom. The molecule has 0 aliphatic rings. The van der Waals surface area contributed by atoms with E-state index < -0.39 is 0 Å². The van der Waals surface area contributed by atoms with Crippen LogP contribution < -0.4 is 5.32 Å². The minimum absolute atomic E-state index is 0.0633. The van der Waals surface area contributed by atoms with Gasteiger partial charge < -0.3 is 5.32 Å². The van der Waals surface area contributed by atoms with Gasteiger partial charge in [0.15, 0.2) is 0 Å². The molecule has 0 heterocycles. The summed E-state index contributed by atoms with van der Waals surface area (Å²) in [6.07, 6.45) is 0.406. The Labute approximate surface area is 87.1 Å². The molecule has 1 rings (SSSR count). The fourth-order valence-corrected chi connectivity index (χ4v) is 1.13. The van der Waals surface area contributed by atoms with Crippen molar-refractivity contribution in [2.45, 2.75) is 6.42 Å². The van der Waals surface area contributed by atoms with Gasteiger partial charge in [0.25, 0.3) is 0 Å². The van der Waals surface area contributed by atoms with Crippen LogP contribution in [0.25, 0.3) is 0 Å². The second-order valence-electron chi connectivity index (χ2n) is 2.82. The van der Waals surface area contributed by atoms with E-state index in [0.717, 1.165) is 5.56 Å². The van der Waals surface area contributed by atoms with Crippen LogP contribution in [0.5, 0.6) is 0 Å². The number of benzene rings is 1. The SMILES string of the molecule is O=C(CCl)Nc1ccc(CCF)cc1.